The lowest BCUT2D eigenvalue weighted by Gasteiger charge is -2.25. The molecule has 162 valence electrons. The Morgan fingerprint density at radius 3 is 2.20 bits per heavy atom. The highest BCUT2D eigenvalue weighted by atomic mass is 19.4. The number of halogens is 6. The molecule has 3 rings (SSSR count). The lowest BCUT2D eigenvalue weighted by Crippen LogP contribution is -2.26. The van der Waals surface area contributed by atoms with Crippen LogP contribution in [-0.4, -0.2) is 24.0 Å². The maximum absolute atomic E-state index is 13.5. The van der Waals surface area contributed by atoms with Crippen LogP contribution in [0.5, 0.6) is 0 Å². The largest absolute Gasteiger partial charge is 0.418 e. The van der Waals surface area contributed by atoms with Gasteiger partial charge in [0.25, 0.3) is 0 Å². The van der Waals surface area contributed by atoms with Gasteiger partial charge in [-0.2, -0.15) is 26.3 Å². The van der Waals surface area contributed by atoms with E-state index >= 15 is 0 Å². The number of aromatic nitrogens is 1. The van der Waals surface area contributed by atoms with E-state index in [9.17, 15) is 31.1 Å². The predicted molar refractivity (Wildman–Crippen MR) is 95.7 cm³/mol. The minimum atomic E-state index is -4.71. The number of ether oxygens (including phenoxy) is 1. The fraction of sp³-hybridized carbons (Fsp3) is 0.429. The van der Waals surface area contributed by atoms with E-state index in [2.05, 4.69) is 4.98 Å². The molecule has 0 bridgehead atoms. The van der Waals surface area contributed by atoms with E-state index < -0.39 is 29.4 Å². The fourth-order valence-electron chi connectivity index (χ4n) is 3.60. The van der Waals surface area contributed by atoms with Gasteiger partial charge in [0.1, 0.15) is 5.78 Å². The Hall–Kier alpha value is -2.42. The third-order valence-corrected chi connectivity index (χ3v) is 5.20. The van der Waals surface area contributed by atoms with Crippen LogP contribution >= 0.6 is 0 Å². The topological polar surface area (TPSA) is 39.2 Å². The monoisotopic (exact) mass is 431 g/mol. The van der Waals surface area contributed by atoms with Crippen molar-refractivity contribution in [3.05, 3.63) is 65.0 Å². The van der Waals surface area contributed by atoms with E-state index in [4.69, 9.17) is 4.74 Å². The first-order valence-corrected chi connectivity index (χ1v) is 9.37. The molecule has 0 aliphatic carbocycles. The molecule has 2 heterocycles. The molecule has 9 heteroatoms. The minimum absolute atomic E-state index is 0.174. The molecule has 0 unspecified atom stereocenters. The molecule has 0 amide bonds. The number of benzene rings is 1. The Morgan fingerprint density at radius 2 is 1.63 bits per heavy atom. The fourth-order valence-corrected chi connectivity index (χ4v) is 3.60. The second-order valence-corrected chi connectivity index (χ2v) is 7.16. The second-order valence-electron chi connectivity index (χ2n) is 7.16. The number of ketones is 1. The molecule has 0 radical (unpaired) electrons. The first-order valence-electron chi connectivity index (χ1n) is 9.37. The summed E-state index contributed by atoms with van der Waals surface area (Å²) in [6, 6.07) is 5.82. The standard InChI is InChI=1S/C21H19F6NO2/c22-20(23,24)15-5-3-13(4-6-15)16(12-18(29)14-7-10-30-11-8-14)19-17(21(25,26)27)2-1-9-28-19/h1-6,9,14,16H,7-8,10-12H2/t16-/m0/s1. The molecule has 1 aromatic heterocycles. The number of pyridine rings is 1. The molecule has 30 heavy (non-hydrogen) atoms. The number of hydrogen-bond donors (Lipinski definition) is 0. The molecule has 1 aromatic carbocycles. The van der Waals surface area contributed by atoms with Crippen LogP contribution in [0.3, 0.4) is 0 Å². The van der Waals surface area contributed by atoms with Crippen LogP contribution in [0.1, 0.15) is 47.6 Å². The summed E-state index contributed by atoms with van der Waals surface area (Å²) in [7, 11) is 0. The molecule has 0 N–H and O–H groups in total. The maximum atomic E-state index is 13.5. The zero-order valence-electron chi connectivity index (χ0n) is 15.8. The van der Waals surface area contributed by atoms with E-state index in [-0.39, 0.29) is 29.4 Å². The van der Waals surface area contributed by atoms with Crippen molar-refractivity contribution in [2.45, 2.75) is 37.5 Å². The third kappa shape index (κ3) is 5.19. The van der Waals surface area contributed by atoms with Crippen LogP contribution in [0.2, 0.25) is 0 Å². The van der Waals surface area contributed by atoms with Crippen molar-refractivity contribution in [2.24, 2.45) is 5.92 Å². The van der Waals surface area contributed by atoms with Crippen LogP contribution in [-0.2, 0) is 21.9 Å². The zero-order valence-corrected chi connectivity index (χ0v) is 15.8. The van der Waals surface area contributed by atoms with Crippen molar-refractivity contribution in [1.82, 2.24) is 4.98 Å². The van der Waals surface area contributed by atoms with Crippen LogP contribution in [0.4, 0.5) is 26.3 Å². The summed E-state index contributed by atoms with van der Waals surface area (Å²) in [6.45, 7) is 0.775. The summed E-state index contributed by atoms with van der Waals surface area (Å²) in [5.74, 6) is -1.71. The van der Waals surface area contributed by atoms with Gasteiger partial charge in [-0.05, 0) is 42.7 Å². The second kappa shape index (κ2) is 8.75. The number of nitrogens with zero attached hydrogens (tertiary/aromatic N) is 1. The Balaban J connectivity index is 2.00. The molecule has 1 saturated heterocycles. The van der Waals surface area contributed by atoms with Crippen LogP contribution < -0.4 is 0 Å². The number of rotatable bonds is 5. The van der Waals surface area contributed by atoms with Gasteiger partial charge in [-0.25, -0.2) is 0 Å². The number of alkyl halides is 6. The molecule has 1 fully saturated rings. The molecular weight excluding hydrogens is 412 g/mol. The summed E-state index contributed by atoms with van der Waals surface area (Å²) >= 11 is 0. The van der Waals surface area contributed by atoms with E-state index in [0.717, 1.165) is 36.4 Å². The third-order valence-electron chi connectivity index (χ3n) is 5.20. The van der Waals surface area contributed by atoms with Crippen LogP contribution in [0.15, 0.2) is 42.6 Å². The lowest BCUT2D eigenvalue weighted by atomic mass is 9.83. The highest BCUT2D eigenvalue weighted by Gasteiger charge is 2.38. The Morgan fingerprint density at radius 1 is 1.00 bits per heavy atom. The summed E-state index contributed by atoms with van der Waals surface area (Å²) in [5, 5.41) is 0. The number of Topliss-reactive ketones (excluding diaryl/α,β-unsaturated/α-hetero) is 1. The first-order chi connectivity index (χ1) is 14.1. The van der Waals surface area contributed by atoms with Gasteiger partial charge in [0.05, 0.1) is 16.8 Å². The number of carbonyl (C=O) groups is 1. The van der Waals surface area contributed by atoms with Crippen molar-refractivity contribution < 1.29 is 35.9 Å². The van der Waals surface area contributed by atoms with Crippen molar-refractivity contribution in [1.29, 1.82) is 0 Å². The van der Waals surface area contributed by atoms with Gasteiger partial charge in [0, 0.05) is 37.7 Å². The van der Waals surface area contributed by atoms with Gasteiger partial charge < -0.3 is 4.74 Å². The normalized spacial score (nSPS) is 17.0. The molecule has 0 spiro atoms. The van der Waals surface area contributed by atoms with Gasteiger partial charge in [0.15, 0.2) is 0 Å². The van der Waals surface area contributed by atoms with Crippen LogP contribution in [0, 0.1) is 5.92 Å². The summed E-state index contributed by atoms with van der Waals surface area (Å²) in [5.41, 5.74) is -2.12. The Kier molecular flexibility index (Phi) is 6.50. The van der Waals surface area contributed by atoms with Gasteiger partial charge in [-0.3, -0.25) is 9.78 Å². The smallest absolute Gasteiger partial charge is 0.381 e. The van der Waals surface area contributed by atoms with Crippen molar-refractivity contribution in [3.8, 4) is 0 Å². The zero-order chi connectivity index (χ0) is 21.9. The van der Waals surface area contributed by atoms with E-state index in [1.165, 1.54) is 6.20 Å². The van der Waals surface area contributed by atoms with Crippen molar-refractivity contribution >= 4 is 5.78 Å². The van der Waals surface area contributed by atoms with Crippen molar-refractivity contribution in [2.75, 3.05) is 13.2 Å². The Labute approximate surface area is 169 Å². The molecular formula is C21H19F6NO2. The first kappa shape index (κ1) is 22.3. The quantitative estimate of drug-likeness (QED) is 0.576. The SMILES string of the molecule is O=C(C[C@@H](c1ccc(C(F)(F)F)cc1)c1ncccc1C(F)(F)F)C1CCOCC1. The summed E-state index contributed by atoms with van der Waals surface area (Å²) in [4.78, 5) is 16.7. The highest BCUT2D eigenvalue weighted by molar-refractivity contribution is 5.82. The van der Waals surface area contributed by atoms with Crippen LogP contribution in [0.25, 0.3) is 0 Å². The molecule has 0 saturated carbocycles. The predicted octanol–water partition coefficient (Wildman–Crippen LogP) is 5.64. The summed E-state index contributed by atoms with van der Waals surface area (Å²) < 4.78 is 84.5. The van der Waals surface area contributed by atoms with E-state index in [0.29, 0.717) is 26.1 Å². The Bertz CT molecular complexity index is 870. The minimum Gasteiger partial charge on any atom is -0.381 e. The maximum Gasteiger partial charge on any atom is 0.418 e. The average Bonchev–Trinajstić information content (AvgIpc) is 2.71. The molecule has 2 aromatic rings. The van der Waals surface area contributed by atoms with E-state index in [1.54, 1.807) is 0 Å². The number of hydrogen-bond acceptors (Lipinski definition) is 3. The van der Waals surface area contributed by atoms with Gasteiger partial charge in [0.2, 0.25) is 0 Å². The lowest BCUT2D eigenvalue weighted by molar-refractivity contribution is -0.139. The average molecular weight is 431 g/mol. The van der Waals surface area contributed by atoms with Gasteiger partial charge in [-0.1, -0.05) is 12.1 Å². The summed E-state index contributed by atoms with van der Waals surface area (Å²) in [6.07, 6.45) is -7.46. The number of carbonyl (C=O) groups excluding carboxylic acids is 1. The molecule has 1 atom stereocenters. The molecule has 1 aliphatic heterocycles. The van der Waals surface area contributed by atoms with Gasteiger partial charge in [-0.15, -0.1) is 0 Å². The van der Waals surface area contributed by atoms with Crippen molar-refractivity contribution in [3.63, 3.8) is 0 Å². The van der Waals surface area contributed by atoms with Gasteiger partial charge >= 0.3 is 12.4 Å². The van der Waals surface area contributed by atoms with E-state index in [1.807, 2.05) is 0 Å². The molecule has 1 aliphatic rings. The highest BCUT2D eigenvalue weighted by Crippen LogP contribution is 2.39. The molecule has 3 nitrogen and oxygen atoms in total.